The summed E-state index contributed by atoms with van der Waals surface area (Å²) in [6.45, 7) is 1.49. The van der Waals surface area contributed by atoms with Crippen LogP contribution in [0.25, 0.3) is 0 Å². The Balaban J connectivity index is 2.13. The second-order valence-corrected chi connectivity index (χ2v) is 8.24. The quantitative estimate of drug-likeness (QED) is 0.352. The van der Waals surface area contributed by atoms with Crippen molar-refractivity contribution < 1.29 is 42.9 Å². The summed E-state index contributed by atoms with van der Waals surface area (Å²) in [6.07, 6.45) is -9.93. The molecule has 0 bridgehead atoms. The number of nitrogens with two attached hydrogens (primary N) is 1. The third-order valence-electron chi connectivity index (χ3n) is 4.34. The van der Waals surface area contributed by atoms with Crippen LogP contribution in [-0.2, 0) is 19.6 Å². The van der Waals surface area contributed by atoms with Crippen LogP contribution >= 0.6 is 0 Å². The largest absolute Gasteiger partial charge is 0.479 e. The number of carboxylic acid groups (broad SMARTS) is 1. The molecule has 0 radical (unpaired) electrons. The number of aliphatic hydroxyl groups excluding tert-OH is 3. The van der Waals surface area contributed by atoms with Crippen molar-refractivity contribution in [3.05, 3.63) is 36.1 Å². The first kappa shape index (κ1) is 21.0. The highest BCUT2D eigenvalue weighted by Gasteiger charge is 2.52. The van der Waals surface area contributed by atoms with E-state index in [-0.39, 0.29) is 16.5 Å². The molecule has 1 aliphatic rings. The van der Waals surface area contributed by atoms with Gasteiger partial charge in [-0.3, -0.25) is 0 Å². The zero-order valence-electron chi connectivity index (χ0n) is 15.0. The number of carbonyl (C=O) groups is 1. The highest BCUT2D eigenvalue weighted by Crippen LogP contribution is 2.32. The molecule has 3 unspecified atom stereocenters. The number of rotatable bonds is 5. The minimum Gasteiger partial charge on any atom is -0.479 e. The van der Waals surface area contributed by atoms with E-state index in [4.69, 9.17) is 15.0 Å². The molecule has 12 nitrogen and oxygen atoms in total. The van der Waals surface area contributed by atoms with Gasteiger partial charge in [0.05, 0.1) is 4.90 Å². The van der Waals surface area contributed by atoms with Gasteiger partial charge in [-0.05, 0) is 31.2 Å². The number of aryl methyl sites for hydroxylation is 1. The molecule has 1 saturated heterocycles. The number of hydrogen-bond acceptors (Lipinski definition) is 10. The van der Waals surface area contributed by atoms with Gasteiger partial charge >= 0.3 is 5.97 Å². The molecule has 1 aliphatic heterocycles. The number of benzene rings is 1. The molecule has 13 heteroatoms. The van der Waals surface area contributed by atoms with Gasteiger partial charge in [-0.2, -0.15) is 0 Å². The summed E-state index contributed by atoms with van der Waals surface area (Å²) >= 11 is 0. The Labute approximate surface area is 164 Å². The van der Waals surface area contributed by atoms with E-state index in [0.717, 1.165) is 0 Å². The summed E-state index contributed by atoms with van der Waals surface area (Å²) in [6, 6.07) is 6.27. The van der Waals surface area contributed by atoms with Crippen molar-refractivity contribution in [1.29, 1.82) is 0 Å². The summed E-state index contributed by atoms with van der Waals surface area (Å²) in [5.41, 5.74) is 5.88. The van der Waals surface area contributed by atoms with Crippen LogP contribution in [0, 0.1) is 6.92 Å². The SMILES string of the molecule is Cc1cc(N([C@@H]2OC(C(=O)O)[C@@H](O)C(O)C2O)S(=O)(=O)c2ccc(N)cc2)no1. The number of anilines is 2. The van der Waals surface area contributed by atoms with Crippen molar-refractivity contribution in [2.24, 2.45) is 0 Å². The molecule has 6 N–H and O–H groups in total. The van der Waals surface area contributed by atoms with Crippen molar-refractivity contribution in [2.45, 2.75) is 42.5 Å². The van der Waals surface area contributed by atoms with Gasteiger partial charge in [-0.1, -0.05) is 5.16 Å². The molecule has 5 atom stereocenters. The minimum atomic E-state index is -4.50. The highest BCUT2D eigenvalue weighted by molar-refractivity contribution is 7.92. The van der Waals surface area contributed by atoms with E-state index in [9.17, 15) is 33.6 Å². The van der Waals surface area contributed by atoms with Crippen LogP contribution in [0.5, 0.6) is 0 Å². The number of aliphatic hydroxyl groups is 3. The molecule has 0 amide bonds. The van der Waals surface area contributed by atoms with E-state index < -0.39 is 46.6 Å². The van der Waals surface area contributed by atoms with E-state index >= 15 is 0 Å². The lowest BCUT2D eigenvalue weighted by Crippen LogP contribution is -2.65. The Hall–Kier alpha value is -2.71. The van der Waals surface area contributed by atoms with Crippen molar-refractivity contribution in [3.8, 4) is 0 Å². The summed E-state index contributed by atoms with van der Waals surface area (Å²) in [4.78, 5) is 11.1. The maximum atomic E-state index is 13.3. The third kappa shape index (κ3) is 3.77. The monoisotopic (exact) mass is 429 g/mol. The van der Waals surface area contributed by atoms with Crippen molar-refractivity contribution in [2.75, 3.05) is 10.0 Å². The second kappa shape index (κ2) is 7.61. The molecule has 29 heavy (non-hydrogen) atoms. The van der Waals surface area contributed by atoms with Gasteiger partial charge in [0.25, 0.3) is 10.0 Å². The molecule has 2 aromatic rings. The number of ether oxygens (including phenoxy) is 1. The lowest BCUT2D eigenvalue weighted by molar-refractivity contribution is -0.224. The van der Waals surface area contributed by atoms with Crippen LogP contribution in [-0.4, -0.2) is 70.6 Å². The highest BCUT2D eigenvalue weighted by atomic mass is 32.2. The molecule has 0 saturated carbocycles. The fraction of sp³-hybridized carbons (Fsp3) is 0.375. The number of sulfonamides is 1. The lowest BCUT2D eigenvalue weighted by atomic mass is 9.98. The van der Waals surface area contributed by atoms with Crippen LogP contribution in [0.4, 0.5) is 11.5 Å². The number of aromatic nitrogens is 1. The van der Waals surface area contributed by atoms with Crippen LogP contribution in [0.3, 0.4) is 0 Å². The third-order valence-corrected chi connectivity index (χ3v) is 6.12. The van der Waals surface area contributed by atoms with Gasteiger partial charge in [-0.15, -0.1) is 0 Å². The molecular weight excluding hydrogens is 410 g/mol. The lowest BCUT2D eigenvalue weighted by Gasteiger charge is -2.42. The first-order valence-corrected chi connectivity index (χ1v) is 9.74. The van der Waals surface area contributed by atoms with Crippen molar-refractivity contribution in [3.63, 3.8) is 0 Å². The predicted octanol–water partition coefficient (Wildman–Crippen LogP) is -1.35. The number of hydrogen-bond donors (Lipinski definition) is 5. The molecule has 3 rings (SSSR count). The van der Waals surface area contributed by atoms with Crippen LogP contribution in [0.2, 0.25) is 0 Å². The molecular formula is C16H19N3O9S. The molecule has 0 spiro atoms. The Kier molecular flexibility index (Phi) is 5.51. The number of aliphatic carboxylic acids is 1. The number of nitrogens with zero attached hydrogens (tertiary/aromatic N) is 2. The Bertz CT molecular complexity index is 991. The van der Waals surface area contributed by atoms with Crippen LogP contribution < -0.4 is 10.0 Å². The Morgan fingerprint density at radius 1 is 1.14 bits per heavy atom. The number of nitrogen functional groups attached to an aromatic ring is 1. The number of carboxylic acids is 1. The van der Waals surface area contributed by atoms with Gasteiger partial charge in [-0.25, -0.2) is 17.5 Å². The second-order valence-electron chi connectivity index (χ2n) is 6.42. The van der Waals surface area contributed by atoms with E-state index in [1.54, 1.807) is 0 Å². The zero-order valence-corrected chi connectivity index (χ0v) is 15.8. The van der Waals surface area contributed by atoms with Crippen LogP contribution in [0.15, 0.2) is 39.8 Å². The van der Waals surface area contributed by atoms with Gasteiger partial charge in [0, 0.05) is 11.8 Å². The molecule has 1 fully saturated rings. The van der Waals surface area contributed by atoms with Gasteiger partial charge in [0.15, 0.2) is 18.1 Å². The normalized spacial score (nSPS) is 27.5. The summed E-state index contributed by atoms with van der Waals surface area (Å²) < 4.78 is 37.1. The van der Waals surface area contributed by atoms with Crippen molar-refractivity contribution in [1.82, 2.24) is 5.16 Å². The summed E-state index contributed by atoms with van der Waals surface area (Å²) in [7, 11) is -4.50. The standard InChI is InChI=1S/C16H19N3O9S/c1-7-6-10(18-28-7)19(29(25,26)9-4-2-8(17)3-5-9)15-13(22)11(20)12(21)14(27-15)16(23)24/h2-6,11-15,20-22H,17H2,1H3,(H,23,24)/t11?,12-,13?,14?,15+/m0/s1. The zero-order chi connectivity index (χ0) is 21.5. The van der Waals surface area contributed by atoms with E-state index in [1.807, 2.05) is 0 Å². The minimum absolute atomic E-state index is 0.221. The van der Waals surface area contributed by atoms with E-state index in [2.05, 4.69) is 5.16 Å². The summed E-state index contributed by atoms with van der Waals surface area (Å²) in [5.74, 6) is -1.76. The topological polar surface area (TPSA) is 197 Å². The van der Waals surface area contributed by atoms with Gasteiger partial charge in [0.2, 0.25) is 0 Å². The average Bonchev–Trinajstić information content (AvgIpc) is 3.07. The van der Waals surface area contributed by atoms with Gasteiger partial charge in [0.1, 0.15) is 24.1 Å². The smallest absolute Gasteiger partial charge is 0.335 e. The van der Waals surface area contributed by atoms with Crippen molar-refractivity contribution >= 4 is 27.5 Å². The average molecular weight is 429 g/mol. The summed E-state index contributed by atoms with van der Waals surface area (Å²) in [5, 5.41) is 43.2. The first-order valence-electron chi connectivity index (χ1n) is 8.30. The molecule has 1 aromatic heterocycles. The fourth-order valence-corrected chi connectivity index (χ4v) is 4.35. The van der Waals surface area contributed by atoms with E-state index in [0.29, 0.717) is 9.99 Å². The molecule has 2 heterocycles. The predicted molar refractivity (Wildman–Crippen MR) is 96.1 cm³/mol. The maximum absolute atomic E-state index is 13.3. The van der Waals surface area contributed by atoms with Crippen LogP contribution in [0.1, 0.15) is 5.76 Å². The molecule has 158 valence electrons. The van der Waals surface area contributed by atoms with Gasteiger partial charge < -0.3 is 35.4 Å². The molecule has 1 aromatic carbocycles. The van der Waals surface area contributed by atoms with E-state index in [1.165, 1.54) is 37.3 Å². The Morgan fingerprint density at radius 2 is 1.76 bits per heavy atom. The Morgan fingerprint density at radius 3 is 2.28 bits per heavy atom. The maximum Gasteiger partial charge on any atom is 0.335 e. The fourth-order valence-electron chi connectivity index (χ4n) is 2.86. The first-order chi connectivity index (χ1) is 13.5. The molecule has 0 aliphatic carbocycles.